The van der Waals surface area contributed by atoms with E-state index in [-0.39, 0.29) is 5.41 Å². The summed E-state index contributed by atoms with van der Waals surface area (Å²) in [6.45, 7) is 8.46. The number of aliphatic carboxylic acids is 1. The molecule has 2 N–H and O–H groups in total. The molecule has 0 fully saturated rings. The van der Waals surface area contributed by atoms with Gasteiger partial charge in [-0.2, -0.15) is 0 Å². The Hall–Kier alpha value is -0.940. The van der Waals surface area contributed by atoms with Crippen LogP contribution in [0.4, 0.5) is 0 Å². The average molecular weight is 242 g/mol. The van der Waals surface area contributed by atoms with E-state index in [0.717, 1.165) is 10.7 Å². The van der Waals surface area contributed by atoms with Gasteiger partial charge in [0.1, 0.15) is 11.0 Å². The molecule has 0 saturated heterocycles. The van der Waals surface area contributed by atoms with Gasteiger partial charge in [-0.25, -0.2) is 4.98 Å². The fourth-order valence-corrected chi connectivity index (χ4v) is 2.04. The van der Waals surface area contributed by atoms with E-state index < -0.39 is 12.0 Å². The lowest BCUT2D eigenvalue weighted by molar-refractivity contribution is -0.139. The van der Waals surface area contributed by atoms with Crippen molar-refractivity contribution >= 4 is 17.3 Å². The number of carboxylic acids is 1. The van der Waals surface area contributed by atoms with Gasteiger partial charge in [0.25, 0.3) is 0 Å². The number of carboxylic acid groups (broad SMARTS) is 1. The normalized spacial score (nSPS) is 13.8. The minimum absolute atomic E-state index is 0.0488. The van der Waals surface area contributed by atoms with Crippen molar-refractivity contribution in [2.75, 3.05) is 0 Å². The van der Waals surface area contributed by atoms with Crippen LogP contribution in [0, 0.1) is 0 Å². The smallest absolute Gasteiger partial charge is 0.320 e. The van der Waals surface area contributed by atoms with Crippen LogP contribution in [0.25, 0.3) is 0 Å². The molecule has 0 spiro atoms. The summed E-state index contributed by atoms with van der Waals surface area (Å²) in [5.41, 5.74) is 1.10. The largest absolute Gasteiger partial charge is 0.480 e. The van der Waals surface area contributed by atoms with Crippen LogP contribution in [-0.4, -0.2) is 22.1 Å². The fourth-order valence-electron chi connectivity index (χ4n) is 1.06. The van der Waals surface area contributed by atoms with Gasteiger partial charge in [-0.3, -0.25) is 10.1 Å². The number of hydrogen-bond donors (Lipinski definition) is 2. The average Bonchev–Trinajstić information content (AvgIpc) is 2.61. The van der Waals surface area contributed by atoms with Gasteiger partial charge in [-0.1, -0.05) is 20.8 Å². The third-order valence-corrected chi connectivity index (χ3v) is 3.10. The van der Waals surface area contributed by atoms with Crippen LogP contribution in [0.2, 0.25) is 0 Å². The van der Waals surface area contributed by atoms with Crippen molar-refractivity contribution in [3.05, 3.63) is 16.1 Å². The SMILES string of the molecule is CC(NCc1nc(C(C)(C)C)cs1)C(=O)O. The highest BCUT2D eigenvalue weighted by Crippen LogP contribution is 2.23. The summed E-state index contributed by atoms with van der Waals surface area (Å²) >= 11 is 1.56. The second kappa shape index (κ2) is 4.93. The summed E-state index contributed by atoms with van der Waals surface area (Å²) in [6.07, 6.45) is 0. The van der Waals surface area contributed by atoms with Gasteiger partial charge in [0.05, 0.1) is 5.69 Å². The number of carbonyl (C=O) groups is 1. The number of thiazole rings is 1. The van der Waals surface area contributed by atoms with Gasteiger partial charge in [-0.15, -0.1) is 11.3 Å². The van der Waals surface area contributed by atoms with E-state index in [1.807, 2.05) is 5.38 Å². The second-order valence-electron chi connectivity index (χ2n) is 4.82. The minimum Gasteiger partial charge on any atom is -0.480 e. The van der Waals surface area contributed by atoms with Crippen LogP contribution in [-0.2, 0) is 16.8 Å². The Labute approximate surface area is 99.7 Å². The molecule has 1 aromatic heterocycles. The van der Waals surface area contributed by atoms with Crippen molar-refractivity contribution < 1.29 is 9.90 Å². The molecule has 0 aliphatic rings. The standard InChI is InChI=1S/C11H18N2O2S/c1-7(10(14)15)12-5-9-13-8(6-16-9)11(2,3)4/h6-7,12H,5H2,1-4H3,(H,14,15). The summed E-state index contributed by atoms with van der Waals surface area (Å²) in [7, 11) is 0. The molecular formula is C11H18N2O2S. The lowest BCUT2D eigenvalue weighted by Crippen LogP contribution is -2.33. The molecule has 5 heteroatoms. The Balaban J connectivity index is 2.57. The van der Waals surface area contributed by atoms with Gasteiger partial charge in [0.15, 0.2) is 0 Å². The summed E-state index contributed by atoms with van der Waals surface area (Å²) in [4.78, 5) is 15.1. The third-order valence-electron chi connectivity index (χ3n) is 2.25. The maximum atomic E-state index is 10.6. The molecular weight excluding hydrogens is 224 g/mol. The molecule has 1 unspecified atom stereocenters. The Morgan fingerprint density at radius 2 is 2.25 bits per heavy atom. The lowest BCUT2D eigenvalue weighted by atomic mass is 9.93. The van der Waals surface area contributed by atoms with E-state index in [0.29, 0.717) is 6.54 Å². The highest BCUT2D eigenvalue weighted by atomic mass is 32.1. The van der Waals surface area contributed by atoms with Crippen molar-refractivity contribution in [3.8, 4) is 0 Å². The quantitative estimate of drug-likeness (QED) is 0.847. The Kier molecular flexibility index (Phi) is 4.04. The number of aromatic nitrogens is 1. The highest BCUT2D eigenvalue weighted by Gasteiger charge is 2.18. The molecule has 0 radical (unpaired) electrons. The van der Waals surface area contributed by atoms with Crippen molar-refractivity contribution in [1.29, 1.82) is 0 Å². The lowest BCUT2D eigenvalue weighted by Gasteiger charge is -2.14. The molecule has 1 rings (SSSR count). The van der Waals surface area contributed by atoms with Crippen molar-refractivity contribution in [3.63, 3.8) is 0 Å². The maximum Gasteiger partial charge on any atom is 0.320 e. The van der Waals surface area contributed by atoms with Crippen LogP contribution in [0.3, 0.4) is 0 Å². The van der Waals surface area contributed by atoms with E-state index in [1.165, 1.54) is 0 Å². The number of hydrogen-bond acceptors (Lipinski definition) is 4. The summed E-state index contributed by atoms with van der Waals surface area (Å²) in [5.74, 6) is -0.840. The van der Waals surface area contributed by atoms with Gasteiger partial charge in [0, 0.05) is 17.3 Å². The molecule has 1 heterocycles. The maximum absolute atomic E-state index is 10.6. The van der Waals surface area contributed by atoms with E-state index in [1.54, 1.807) is 18.3 Å². The molecule has 0 aromatic carbocycles. The molecule has 16 heavy (non-hydrogen) atoms. The molecule has 0 amide bonds. The highest BCUT2D eigenvalue weighted by molar-refractivity contribution is 7.09. The first-order valence-corrected chi connectivity index (χ1v) is 6.09. The zero-order valence-electron chi connectivity index (χ0n) is 10.1. The van der Waals surface area contributed by atoms with Gasteiger partial charge in [0.2, 0.25) is 0 Å². The zero-order chi connectivity index (χ0) is 12.3. The first kappa shape index (κ1) is 13.1. The first-order valence-electron chi connectivity index (χ1n) is 5.22. The number of nitrogens with zero attached hydrogens (tertiary/aromatic N) is 1. The van der Waals surface area contributed by atoms with Crippen LogP contribution >= 0.6 is 11.3 Å². The van der Waals surface area contributed by atoms with E-state index >= 15 is 0 Å². The number of rotatable bonds is 4. The predicted molar refractivity (Wildman–Crippen MR) is 64.8 cm³/mol. The van der Waals surface area contributed by atoms with Crippen molar-refractivity contribution in [2.45, 2.75) is 45.7 Å². The molecule has 1 atom stereocenters. The first-order chi connectivity index (χ1) is 7.30. The van der Waals surface area contributed by atoms with Gasteiger partial charge < -0.3 is 5.11 Å². The van der Waals surface area contributed by atoms with E-state index in [4.69, 9.17) is 5.11 Å². The van der Waals surface area contributed by atoms with E-state index in [9.17, 15) is 4.79 Å². The van der Waals surface area contributed by atoms with Crippen LogP contribution in [0.1, 0.15) is 38.4 Å². The predicted octanol–water partition coefficient (Wildman–Crippen LogP) is 2.00. The Morgan fingerprint density at radius 3 is 2.69 bits per heavy atom. The minimum atomic E-state index is -0.840. The van der Waals surface area contributed by atoms with Gasteiger partial charge >= 0.3 is 5.97 Å². The summed E-state index contributed by atoms with van der Waals surface area (Å²) in [5, 5.41) is 14.6. The van der Waals surface area contributed by atoms with E-state index in [2.05, 4.69) is 31.1 Å². The molecule has 0 saturated carbocycles. The molecule has 90 valence electrons. The Morgan fingerprint density at radius 1 is 1.62 bits per heavy atom. The van der Waals surface area contributed by atoms with Gasteiger partial charge in [-0.05, 0) is 6.92 Å². The monoisotopic (exact) mass is 242 g/mol. The molecule has 4 nitrogen and oxygen atoms in total. The fraction of sp³-hybridized carbons (Fsp3) is 0.636. The van der Waals surface area contributed by atoms with Crippen LogP contribution in [0.15, 0.2) is 5.38 Å². The topological polar surface area (TPSA) is 62.2 Å². The van der Waals surface area contributed by atoms with Crippen LogP contribution < -0.4 is 5.32 Å². The molecule has 0 aliphatic carbocycles. The zero-order valence-corrected chi connectivity index (χ0v) is 10.9. The molecule has 1 aromatic rings. The van der Waals surface area contributed by atoms with Crippen LogP contribution in [0.5, 0.6) is 0 Å². The second-order valence-corrected chi connectivity index (χ2v) is 5.76. The summed E-state index contributed by atoms with van der Waals surface area (Å²) in [6, 6.07) is -0.540. The van der Waals surface area contributed by atoms with Crippen molar-refractivity contribution in [2.24, 2.45) is 0 Å². The molecule has 0 aliphatic heterocycles. The molecule has 0 bridgehead atoms. The number of nitrogens with one attached hydrogen (secondary N) is 1. The Bertz CT molecular complexity index is 368. The third kappa shape index (κ3) is 3.57. The summed E-state index contributed by atoms with van der Waals surface area (Å²) < 4.78 is 0. The van der Waals surface area contributed by atoms with Crippen molar-refractivity contribution in [1.82, 2.24) is 10.3 Å².